The van der Waals surface area contributed by atoms with Crippen LogP contribution in [-0.2, 0) is 4.79 Å². The van der Waals surface area contributed by atoms with Gasteiger partial charge in [0, 0.05) is 6.07 Å². The van der Waals surface area contributed by atoms with Crippen LogP contribution in [0.5, 0.6) is 0 Å². The summed E-state index contributed by atoms with van der Waals surface area (Å²) in [7, 11) is -6.00. The second kappa shape index (κ2) is 8.48. The van der Waals surface area contributed by atoms with Crippen LogP contribution >= 0.6 is 0 Å². The molecule has 0 heterocycles. The summed E-state index contributed by atoms with van der Waals surface area (Å²) in [6.07, 6.45) is 1.49. The lowest BCUT2D eigenvalue weighted by atomic mass is 10.0. The van der Waals surface area contributed by atoms with Gasteiger partial charge in [0.15, 0.2) is 4.98 Å². The first-order valence-electron chi connectivity index (χ1n) is 6.54. The van der Waals surface area contributed by atoms with Crippen molar-refractivity contribution in [3.05, 3.63) is 70.7 Å². The number of aliphatic carboxylic acids is 1. The van der Waals surface area contributed by atoms with Crippen LogP contribution in [0.4, 0.5) is 23.0 Å². The van der Waals surface area contributed by atoms with Crippen molar-refractivity contribution in [2.24, 2.45) is 0 Å². The van der Waals surface area contributed by atoms with Crippen LogP contribution in [0.2, 0.25) is 0 Å². The third kappa shape index (κ3) is 6.74. The van der Waals surface area contributed by atoms with Crippen molar-refractivity contribution >= 4 is 30.6 Å². The van der Waals surface area contributed by atoms with E-state index in [1.54, 1.807) is 48.5 Å². The molecule has 0 aliphatic heterocycles. The predicted molar refractivity (Wildman–Crippen MR) is 83.3 cm³/mol. The van der Waals surface area contributed by atoms with Crippen LogP contribution in [0.15, 0.2) is 54.6 Å². The molecule has 0 radical (unpaired) electrons. The zero-order valence-electron chi connectivity index (χ0n) is 12.1. The van der Waals surface area contributed by atoms with E-state index in [1.165, 1.54) is 6.08 Å². The van der Waals surface area contributed by atoms with Crippen molar-refractivity contribution < 1.29 is 27.2 Å². The molecule has 0 fully saturated rings. The smallest absolute Gasteiger partial charge is 0.478 e. The fraction of sp³-hybridized carbons (Fsp3) is 0. The summed E-state index contributed by atoms with van der Waals surface area (Å²) in [6.45, 7) is 0. The molecule has 124 valence electrons. The van der Waals surface area contributed by atoms with Crippen molar-refractivity contribution in [3.8, 4) is 0 Å². The van der Waals surface area contributed by atoms with Crippen LogP contribution in [-0.4, -0.2) is 18.3 Å². The first-order valence-corrected chi connectivity index (χ1v) is 6.54. The highest BCUT2D eigenvalue weighted by molar-refractivity contribution is 6.50. The Balaban J connectivity index is 0.000000505. The molecule has 0 atom stereocenters. The third-order valence-electron chi connectivity index (χ3n) is 2.66. The van der Waals surface area contributed by atoms with Crippen LogP contribution in [0.3, 0.4) is 0 Å². The Morgan fingerprint density at radius 3 is 2.00 bits per heavy atom. The molecule has 2 rings (SSSR count). The Kier molecular flexibility index (Phi) is 6.68. The first-order chi connectivity index (χ1) is 11.2. The zero-order chi connectivity index (χ0) is 18.2. The standard InChI is InChI=1S/C15H10N2O2.BF4/c16-17-14-9-5-4-8-12(14)10-13(15(18)19)11-6-2-1-3-7-11;2-1(3,4)5/h1-10H;/q;-1/p+1/b13-10+;. The molecule has 0 spiro atoms. The number of diazo groups is 1. The summed E-state index contributed by atoms with van der Waals surface area (Å²) in [6, 6.07) is 15.6. The average Bonchev–Trinajstić information content (AvgIpc) is 2.52. The second-order valence-electron chi connectivity index (χ2n) is 4.38. The minimum Gasteiger partial charge on any atom is -0.478 e. The van der Waals surface area contributed by atoms with Gasteiger partial charge in [0.2, 0.25) is 5.39 Å². The number of carboxylic acid groups (broad SMARTS) is 1. The predicted octanol–water partition coefficient (Wildman–Crippen LogP) is 5.10. The highest BCUT2D eigenvalue weighted by Gasteiger charge is 2.20. The lowest BCUT2D eigenvalue weighted by Crippen LogP contribution is -2.02. The summed E-state index contributed by atoms with van der Waals surface area (Å²) >= 11 is 0. The number of nitrogens with zero attached hydrogens (tertiary/aromatic N) is 2. The van der Waals surface area contributed by atoms with Gasteiger partial charge in [0.05, 0.1) is 11.1 Å². The molecule has 24 heavy (non-hydrogen) atoms. The fourth-order valence-corrected chi connectivity index (χ4v) is 1.74. The molecule has 4 nitrogen and oxygen atoms in total. The molecule has 1 N–H and O–H groups in total. The molecule has 9 heteroatoms. The maximum absolute atomic E-state index is 11.3. The van der Waals surface area contributed by atoms with E-state index in [1.807, 2.05) is 6.07 Å². The van der Waals surface area contributed by atoms with E-state index in [0.29, 0.717) is 16.8 Å². The number of carbonyl (C=O) groups is 1. The minimum absolute atomic E-state index is 0.150. The average molecular weight is 338 g/mol. The van der Waals surface area contributed by atoms with Gasteiger partial charge in [-0.15, -0.1) is 0 Å². The molecular weight excluding hydrogens is 327 g/mol. The minimum atomic E-state index is -6.00. The SMILES string of the molecule is F[B-](F)(F)F.N#[N+]c1ccccc1/C=C(/C(=O)O)c1ccccc1. The quantitative estimate of drug-likeness (QED) is 0.278. The molecule has 0 aliphatic carbocycles. The topological polar surface area (TPSA) is 65.5 Å². The van der Waals surface area contributed by atoms with Crippen molar-refractivity contribution in [1.82, 2.24) is 0 Å². The lowest BCUT2D eigenvalue weighted by Gasteiger charge is -2.01. The Hall–Kier alpha value is -3.15. The first kappa shape index (κ1) is 18.9. The van der Waals surface area contributed by atoms with Gasteiger partial charge < -0.3 is 22.4 Å². The van der Waals surface area contributed by atoms with Crippen molar-refractivity contribution in [3.63, 3.8) is 0 Å². The Bertz CT molecular complexity index is 765. The molecule has 2 aromatic carbocycles. The number of hydrogen-bond acceptors (Lipinski definition) is 2. The number of rotatable bonds is 3. The van der Waals surface area contributed by atoms with Crippen LogP contribution < -0.4 is 0 Å². The Morgan fingerprint density at radius 1 is 1.00 bits per heavy atom. The van der Waals surface area contributed by atoms with Gasteiger partial charge in [-0.2, -0.15) is 0 Å². The summed E-state index contributed by atoms with van der Waals surface area (Å²) < 4.78 is 39.0. The number of hydrogen-bond donors (Lipinski definition) is 1. The summed E-state index contributed by atoms with van der Waals surface area (Å²) in [5, 5.41) is 18.2. The number of benzene rings is 2. The molecule has 0 unspecified atom stereocenters. The molecular formula is C15H11BF4N2O2. The maximum Gasteiger partial charge on any atom is 0.673 e. The van der Waals surface area contributed by atoms with Crippen molar-refractivity contribution in [2.75, 3.05) is 0 Å². The lowest BCUT2D eigenvalue weighted by molar-refractivity contribution is -0.130. The van der Waals surface area contributed by atoms with Crippen molar-refractivity contribution in [2.45, 2.75) is 0 Å². The largest absolute Gasteiger partial charge is 0.673 e. The van der Waals surface area contributed by atoms with Crippen LogP contribution in [0.25, 0.3) is 16.6 Å². The molecule has 0 saturated carbocycles. The van der Waals surface area contributed by atoms with Gasteiger partial charge in [0.25, 0.3) is 0 Å². The molecule has 2 aromatic rings. The highest BCUT2D eigenvalue weighted by atomic mass is 19.5. The summed E-state index contributed by atoms with van der Waals surface area (Å²) in [5.41, 5.74) is 1.63. The van der Waals surface area contributed by atoms with E-state index in [9.17, 15) is 27.2 Å². The van der Waals surface area contributed by atoms with Gasteiger partial charge >= 0.3 is 18.9 Å². The highest BCUT2D eigenvalue weighted by Crippen LogP contribution is 2.25. The zero-order valence-corrected chi connectivity index (χ0v) is 12.1. The van der Waals surface area contributed by atoms with Crippen LogP contribution in [0.1, 0.15) is 11.1 Å². The van der Waals surface area contributed by atoms with Gasteiger partial charge in [-0.3, -0.25) is 0 Å². The van der Waals surface area contributed by atoms with Crippen molar-refractivity contribution in [1.29, 1.82) is 5.39 Å². The molecule has 0 bridgehead atoms. The normalized spacial score (nSPS) is 11.0. The Morgan fingerprint density at radius 2 is 1.50 bits per heavy atom. The number of halogens is 4. The number of carboxylic acids is 1. The summed E-state index contributed by atoms with van der Waals surface area (Å²) in [5.74, 6) is -1.03. The molecule has 0 aromatic heterocycles. The molecule has 0 amide bonds. The van der Waals surface area contributed by atoms with Crippen LogP contribution in [0, 0.1) is 5.39 Å². The van der Waals surface area contributed by atoms with E-state index in [0.717, 1.165) is 0 Å². The van der Waals surface area contributed by atoms with E-state index in [-0.39, 0.29) is 5.57 Å². The summed E-state index contributed by atoms with van der Waals surface area (Å²) in [4.78, 5) is 14.5. The van der Waals surface area contributed by atoms with Gasteiger partial charge in [-0.25, -0.2) is 4.79 Å². The van der Waals surface area contributed by atoms with E-state index in [2.05, 4.69) is 4.98 Å². The van der Waals surface area contributed by atoms with Gasteiger partial charge in [0.1, 0.15) is 0 Å². The Labute approximate surface area is 134 Å². The maximum atomic E-state index is 11.3. The van der Waals surface area contributed by atoms with Gasteiger partial charge in [-0.1, -0.05) is 42.5 Å². The third-order valence-corrected chi connectivity index (χ3v) is 2.66. The van der Waals surface area contributed by atoms with E-state index in [4.69, 9.17) is 5.39 Å². The monoisotopic (exact) mass is 338 g/mol. The molecule has 0 aliphatic rings. The molecule has 0 saturated heterocycles. The van der Waals surface area contributed by atoms with E-state index >= 15 is 0 Å². The fourth-order valence-electron chi connectivity index (χ4n) is 1.74. The second-order valence-corrected chi connectivity index (χ2v) is 4.38. The van der Waals surface area contributed by atoms with E-state index < -0.39 is 13.2 Å². The van der Waals surface area contributed by atoms with Gasteiger partial charge in [-0.05, 0) is 17.7 Å².